The van der Waals surface area contributed by atoms with Gasteiger partial charge in [0.05, 0.1) is 0 Å². The molecule has 2 rings (SSSR count). The van der Waals surface area contributed by atoms with E-state index in [9.17, 15) is 4.79 Å². The van der Waals surface area contributed by atoms with E-state index in [2.05, 4.69) is 25.9 Å². The average molecular weight is 325 g/mol. The highest BCUT2D eigenvalue weighted by molar-refractivity contribution is 9.10. The van der Waals surface area contributed by atoms with Gasteiger partial charge in [0, 0.05) is 16.1 Å². The van der Waals surface area contributed by atoms with Crippen LogP contribution >= 0.6 is 27.7 Å². The van der Waals surface area contributed by atoms with E-state index in [-0.39, 0.29) is 5.69 Å². The number of benzene rings is 1. The van der Waals surface area contributed by atoms with Crippen molar-refractivity contribution < 1.29 is 9.90 Å². The van der Waals surface area contributed by atoms with Crippen LogP contribution in [-0.4, -0.2) is 27.3 Å². The average Bonchev–Trinajstić information content (AvgIpc) is 2.38. The number of halogens is 1. The second-order valence-electron chi connectivity index (χ2n) is 3.40. The van der Waals surface area contributed by atoms with Gasteiger partial charge in [0.25, 0.3) is 0 Å². The molecule has 2 aromatic rings. The third kappa shape index (κ3) is 2.70. The van der Waals surface area contributed by atoms with Crippen LogP contribution in [0.5, 0.6) is 0 Å². The lowest BCUT2D eigenvalue weighted by Crippen LogP contribution is -2.04. The number of carboxylic acid groups (broad SMARTS) is 1. The van der Waals surface area contributed by atoms with Crippen LogP contribution in [-0.2, 0) is 0 Å². The zero-order valence-corrected chi connectivity index (χ0v) is 11.8. The van der Waals surface area contributed by atoms with Crippen molar-refractivity contribution in [2.24, 2.45) is 0 Å². The predicted molar refractivity (Wildman–Crippen MR) is 73.9 cm³/mol. The Labute approximate surface area is 117 Å². The molecule has 0 fully saturated rings. The van der Waals surface area contributed by atoms with Gasteiger partial charge >= 0.3 is 5.97 Å². The van der Waals surface area contributed by atoms with Crippen LogP contribution in [0.3, 0.4) is 0 Å². The van der Waals surface area contributed by atoms with Crippen LogP contribution in [0.15, 0.2) is 39.8 Å². The van der Waals surface area contributed by atoms with Crippen LogP contribution in [0.25, 0.3) is 11.4 Å². The molecule has 6 heteroatoms. The van der Waals surface area contributed by atoms with Crippen LogP contribution in [0.4, 0.5) is 0 Å². The van der Waals surface area contributed by atoms with E-state index >= 15 is 0 Å². The molecule has 0 bridgehead atoms. The molecule has 1 aromatic carbocycles. The number of rotatable bonds is 3. The van der Waals surface area contributed by atoms with Crippen molar-refractivity contribution in [3.05, 3.63) is 40.5 Å². The summed E-state index contributed by atoms with van der Waals surface area (Å²) in [5.41, 5.74) is 0.774. The molecule has 0 radical (unpaired) electrons. The van der Waals surface area contributed by atoms with E-state index in [1.54, 1.807) is 0 Å². The van der Waals surface area contributed by atoms with Crippen molar-refractivity contribution in [3.8, 4) is 11.4 Å². The highest BCUT2D eigenvalue weighted by atomic mass is 79.9. The first kappa shape index (κ1) is 13.0. The monoisotopic (exact) mass is 324 g/mol. The molecule has 0 saturated heterocycles. The number of carbonyl (C=O) groups is 1. The summed E-state index contributed by atoms with van der Waals surface area (Å²) in [6.45, 7) is 0. The Morgan fingerprint density at radius 2 is 2.06 bits per heavy atom. The van der Waals surface area contributed by atoms with Crippen LogP contribution in [0.1, 0.15) is 10.5 Å². The van der Waals surface area contributed by atoms with Crippen molar-refractivity contribution in [1.29, 1.82) is 0 Å². The summed E-state index contributed by atoms with van der Waals surface area (Å²) in [6.07, 6.45) is 1.85. The van der Waals surface area contributed by atoms with Gasteiger partial charge in [0.2, 0.25) is 0 Å². The molecule has 1 heterocycles. The number of aromatic nitrogens is 2. The first-order valence-electron chi connectivity index (χ1n) is 5.03. The first-order chi connectivity index (χ1) is 8.61. The SMILES string of the molecule is CSc1cc(C(=O)O)nc(-c2ccccc2Br)n1. The number of carboxylic acids is 1. The maximum Gasteiger partial charge on any atom is 0.354 e. The van der Waals surface area contributed by atoms with Gasteiger partial charge in [-0.1, -0.05) is 34.1 Å². The fourth-order valence-electron chi connectivity index (χ4n) is 1.40. The van der Waals surface area contributed by atoms with Crippen molar-refractivity contribution >= 4 is 33.7 Å². The van der Waals surface area contributed by atoms with Crippen molar-refractivity contribution in [3.63, 3.8) is 0 Å². The largest absolute Gasteiger partial charge is 0.477 e. The molecule has 1 aromatic heterocycles. The molecule has 0 unspecified atom stereocenters. The molecule has 0 atom stereocenters. The highest BCUT2D eigenvalue weighted by Gasteiger charge is 2.12. The zero-order valence-electron chi connectivity index (χ0n) is 9.42. The minimum Gasteiger partial charge on any atom is -0.477 e. The van der Waals surface area contributed by atoms with Gasteiger partial charge in [-0.15, -0.1) is 11.8 Å². The van der Waals surface area contributed by atoms with Crippen LogP contribution < -0.4 is 0 Å². The van der Waals surface area contributed by atoms with E-state index in [0.29, 0.717) is 10.9 Å². The van der Waals surface area contributed by atoms with Crippen LogP contribution in [0, 0.1) is 0 Å². The topological polar surface area (TPSA) is 63.1 Å². The second kappa shape index (κ2) is 5.49. The summed E-state index contributed by atoms with van der Waals surface area (Å²) < 4.78 is 0.833. The van der Waals surface area contributed by atoms with Gasteiger partial charge in [0.15, 0.2) is 11.5 Å². The molecule has 92 valence electrons. The zero-order chi connectivity index (χ0) is 13.1. The summed E-state index contributed by atoms with van der Waals surface area (Å²) in [4.78, 5) is 19.4. The maximum absolute atomic E-state index is 11.0. The Bertz CT molecular complexity index is 604. The van der Waals surface area contributed by atoms with Gasteiger partial charge in [-0.05, 0) is 12.3 Å². The van der Waals surface area contributed by atoms with Gasteiger partial charge in [-0.2, -0.15) is 0 Å². The highest BCUT2D eigenvalue weighted by Crippen LogP contribution is 2.26. The molecule has 0 amide bonds. The van der Waals surface area contributed by atoms with E-state index in [1.165, 1.54) is 17.8 Å². The summed E-state index contributed by atoms with van der Waals surface area (Å²) in [5.74, 6) is -0.646. The fraction of sp³-hybridized carbons (Fsp3) is 0.0833. The molecule has 0 aliphatic carbocycles. The van der Waals surface area contributed by atoms with Crippen molar-refractivity contribution in [2.75, 3.05) is 6.26 Å². The molecule has 0 saturated carbocycles. The molecule has 0 spiro atoms. The van der Waals surface area contributed by atoms with E-state index < -0.39 is 5.97 Å². The van der Waals surface area contributed by atoms with Crippen molar-refractivity contribution in [1.82, 2.24) is 9.97 Å². The van der Waals surface area contributed by atoms with Gasteiger partial charge in [-0.3, -0.25) is 0 Å². The molecule has 18 heavy (non-hydrogen) atoms. The van der Waals surface area contributed by atoms with E-state index in [4.69, 9.17) is 5.11 Å². The Kier molecular flexibility index (Phi) is 3.98. The number of hydrogen-bond donors (Lipinski definition) is 1. The van der Waals surface area contributed by atoms with Gasteiger partial charge in [-0.25, -0.2) is 14.8 Å². The third-order valence-corrected chi connectivity index (χ3v) is 3.56. The quantitative estimate of drug-likeness (QED) is 0.693. The number of hydrogen-bond acceptors (Lipinski definition) is 4. The second-order valence-corrected chi connectivity index (χ2v) is 5.09. The summed E-state index contributed by atoms with van der Waals surface area (Å²) in [7, 11) is 0. The summed E-state index contributed by atoms with van der Waals surface area (Å²) in [5, 5.41) is 9.67. The summed E-state index contributed by atoms with van der Waals surface area (Å²) in [6, 6.07) is 8.91. The molecule has 1 N–H and O–H groups in total. The minimum absolute atomic E-state index is 0.0000954. The predicted octanol–water partition coefficient (Wildman–Crippen LogP) is 3.33. The number of aromatic carboxylic acids is 1. The number of nitrogens with zero attached hydrogens (tertiary/aromatic N) is 2. The van der Waals surface area contributed by atoms with Crippen LogP contribution in [0.2, 0.25) is 0 Å². The van der Waals surface area contributed by atoms with Gasteiger partial charge < -0.3 is 5.11 Å². The Morgan fingerprint density at radius 3 is 2.67 bits per heavy atom. The Hall–Kier alpha value is -1.40. The lowest BCUT2D eigenvalue weighted by Gasteiger charge is -2.06. The normalized spacial score (nSPS) is 10.3. The Morgan fingerprint density at radius 1 is 1.33 bits per heavy atom. The van der Waals surface area contributed by atoms with Crippen molar-refractivity contribution in [2.45, 2.75) is 5.03 Å². The smallest absolute Gasteiger partial charge is 0.354 e. The van der Waals surface area contributed by atoms with Gasteiger partial charge in [0.1, 0.15) is 5.03 Å². The molecular weight excluding hydrogens is 316 g/mol. The minimum atomic E-state index is -1.05. The number of thioether (sulfide) groups is 1. The lowest BCUT2D eigenvalue weighted by atomic mass is 10.2. The standard InChI is InChI=1S/C12H9BrN2O2S/c1-18-10-6-9(12(16)17)14-11(15-10)7-4-2-3-5-8(7)13/h2-6H,1H3,(H,16,17). The first-order valence-corrected chi connectivity index (χ1v) is 7.05. The summed E-state index contributed by atoms with van der Waals surface area (Å²) >= 11 is 4.79. The molecular formula is C12H9BrN2O2S. The Balaban J connectivity index is 2.60. The molecule has 4 nitrogen and oxygen atoms in total. The molecule has 0 aliphatic heterocycles. The lowest BCUT2D eigenvalue weighted by molar-refractivity contribution is 0.0690. The fourth-order valence-corrected chi connectivity index (χ4v) is 2.27. The maximum atomic E-state index is 11.0. The van der Waals surface area contributed by atoms with E-state index in [0.717, 1.165) is 10.0 Å². The van der Waals surface area contributed by atoms with E-state index in [1.807, 2.05) is 30.5 Å². The third-order valence-electron chi connectivity index (χ3n) is 2.25. The molecule has 0 aliphatic rings.